The van der Waals surface area contributed by atoms with Gasteiger partial charge in [-0.05, 0) is 38.0 Å². The summed E-state index contributed by atoms with van der Waals surface area (Å²) in [4.78, 5) is 3.90. The number of hydrogen-bond donors (Lipinski definition) is 1. The largest absolute Gasteiger partial charge is 0.348 e. The van der Waals surface area contributed by atoms with Crippen LogP contribution in [-0.2, 0) is 25.9 Å². The van der Waals surface area contributed by atoms with Crippen molar-refractivity contribution in [3.63, 3.8) is 0 Å². The summed E-state index contributed by atoms with van der Waals surface area (Å²) in [7, 11) is -3.31. The summed E-state index contributed by atoms with van der Waals surface area (Å²) in [6.45, 7) is 4.26. The van der Waals surface area contributed by atoms with E-state index < -0.39 is 15.8 Å². The molecule has 1 unspecified atom stereocenters. The Labute approximate surface area is 119 Å². The van der Waals surface area contributed by atoms with Crippen LogP contribution in [0.5, 0.6) is 0 Å². The predicted molar refractivity (Wildman–Crippen MR) is 74.6 cm³/mol. The molecule has 20 heavy (non-hydrogen) atoms. The Balaban J connectivity index is 1.77. The van der Waals surface area contributed by atoms with Crippen molar-refractivity contribution in [3.8, 4) is 0 Å². The van der Waals surface area contributed by atoms with Crippen molar-refractivity contribution in [1.29, 1.82) is 0 Å². The van der Waals surface area contributed by atoms with Crippen LogP contribution in [0.4, 0.5) is 0 Å². The molecule has 6 nitrogen and oxygen atoms in total. The fourth-order valence-corrected chi connectivity index (χ4v) is 3.05. The number of rotatable bonds is 6. The molecule has 1 aromatic heterocycles. The van der Waals surface area contributed by atoms with Crippen molar-refractivity contribution in [1.82, 2.24) is 9.71 Å². The van der Waals surface area contributed by atoms with Crippen LogP contribution in [0.3, 0.4) is 0 Å². The van der Waals surface area contributed by atoms with Gasteiger partial charge < -0.3 is 9.47 Å². The molecule has 1 atom stereocenters. The van der Waals surface area contributed by atoms with Crippen LogP contribution in [-0.4, -0.2) is 44.2 Å². The maximum absolute atomic E-state index is 11.9. The highest BCUT2D eigenvalue weighted by atomic mass is 32.2. The molecule has 2 heterocycles. The maximum Gasteiger partial charge on any atom is 0.212 e. The zero-order valence-electron chi connectivity index (χ0n) is 11.7. The number of aromatic nitrogens is 1. The monoisotopic (exact) mass is 300 g/mol. The lowest BCUT2D eigenvalue weighted by Crippen LogP contribution is -2.36. The molecule has 1 aromatic rings. The molecule has 1 aliphatic rings. The van der Waals surface area contributed by atoms with E-state index in [-0.39, 0.29) is 18.4 Å². The average molecular weight is 300 g/mol. The molecule has 112 valence electrons. The molecule has 0 saturated carbocycles. The van der Waals surface area contributed by atoms with Gasteiger partial charge in [-0.2, -0.15) is 0 Å². The highest BCUT2D eigenvalue weighted by Gasteiger charge is 2.33. The normalized spacial score (nSPS) is 22.0. The lowest BCUT2D eigenvalue weighted by Gasteiger charge is -2.17. The van der Waals surface area contributed by atoms with Gasteiger partial charge in [0.15, 0.2) is 5.79 Å². The predicted octanol–water partition coefficient (Wildman–Crippen LogP) is 0.695. The number of hydrogen-bond acceptors (Lipinski definition) is 5. The van der Waals surface area contributed by atoms with Crippen LogP contribution in [0, 0.1) is 0 Å². The minimum absolute atomic E-state index is 0.0496. The second-order valence-corrected chi connectivity index (χ2v) is 7.15. The number of sulfonamides is 1. The third-order valence-electron chi connectivity index (χ3n) is 3.01. The fraction of sp³-hybridized carbons (Fsp3) is 0.615. The van der Waals surface area contributed by atoms with Gasteiger partial charge in [-0.25, -0.2) is 13.1 Å². The van der Waals surface area contributed by atoms with E-state index in [2.05, 4.69) is 9.71 Å². The van der Waals surface area contributed by atoms with Crippen molar-refractivity contribution in [2.24, 2.45) is 0 Å². The van der Waals surface area contributed by atoms with E-state index in [0.717, 1.165) is 5.56 Å². The van der Waals surface area contributed by atoms with Gasteiger partial charge in [-0.15, -0.1) is 0 Å². The zero-order valence-corrected chi connectivity index (χ0v) is 12.5. The highest BCUT2D eigenvalue weighted by Crippen LogP contribution is 2.21. The van der Waals surface area contributed by atoms with Crippen LogP contribution in [0.1, 0.15) is 19.4 Å². The van der Waals surface area contributed by atoms with E-state index in [9.17, 15) is 8.42 Å². The molecule has 0 amide bonds. The summed E-state index contributed by atoms with van der Waals surface area (Å²) < 4.78 is 37.3. The quantitative estimate of drug-likeness (QED) is 0.836. The van der Waals surface area contributed by atoms with Gasteiger partial charge in [0.25, 0.3) is 0 Å². The lowest BCUT2D eigenvalue weighted by molar-refractivity contribution is -0.137. The molecular formula is C13H20N2O4S. The SMILES string of the molecule is CC1(C)OCC(CNS(=O)(=O)CCc2ccncc2)O1. The minimum atomic E-state index is -3.31. The van der Waals surface area contributed by atoms with Crippen LogP contribution in [0.15, 0.2) is 24.5 Å². The molecule has 1 N–H and O–H groups in total. The maximum atomic E-state index is 11.9. The second-order valence-electron chi connectivity index (χ2n) is 5.22. The molecule has 0 aliphatic carbocycles. The molecule has 0 bridgehead atoms. The summed E-state index contributed by atoms with van der Waals surface area (Å²) >= 11 is 0. The standard InChI is InChI=1S/C13H20N2O4S/c1-13(2)18-10-12(19-13)9-15-20(16,17)8-5-11-3-6-14-7-4-11/h3-4,6-7,12,15H,5,8-10H2,1-2H3. The number of pyridine rings is 1. The second kappa shape index (κ2) is 6.17. The Hall–Kier alpha value is -1.02. The topological polar surface area (TPSA) is 77.5 Å². The van der Waals surface area contributed by atoms with E-state index in [1.165, 1.54) is 0 Å². The van der Waals surface area contributed by atoms with Gasteiger partial charge in [0, 0.05) is 18.9 Å². The van der Waals surface area contributed by atoms with E-state index in [4.69, 9.17) is 9.47 Å². The molecule has 1 aliphatic heterocycles. The van der Waals surface area contributed by atoms with Crippen LogP contribution < -0.4 is 4.72 Å². The fourth-order valence-electron chi connectivity index (χ4n) is 1.96. The number of nitrogens with zero attached hydrogens (tertiary/aromatic N) is 1. The third kappa shape index (κ3) is 4.82. The van der Waals surface area contributed by atoms with Gasteiger partial charge in [-0.1, -0.05) is 0 Å². The van der Waals surface area contributed by atoms with Crippen molar-refractivity contribution in [3.05, 3.63) is 30.1 Å². The summed E-state index contributed by atoms with van der Waals surface area (Å²) in [6, 6.07) is 3.62. The van der Waals surface area contributed by atoms with E-state index in [1.807, 2.05) is 26.0 Å². The summed E-state index contributed by atoms with van der Waals surface area (Å²) in [5.41, 5.74) is 0.951. The molecule has 0 spiro atoms. The molecule has 0 radical (unpaired) electrons. The summed E-state index contributed by atoms with van der Waals surface area (Å²) in [5.74, 6) is -0.582. The van der Waals surface area contributed by atoms with Gasteiger partial charge in [0.05, 0.1) is 18.5 Å². The summed E-state index contributed by atoms with van der Waals surface area (Å²) in [6.07, 6.45) is 3.54. The Morgan fingerprint density at radius 3 is 2.70 bits per heavy atom. The molecule has 7 heteroatoms. The first-order valence-corrected chi connectivity index (χ1v) is 8.20. The Morgan fingerprint density at radius 2 is 2.10 bits per heavy atom. The summed E-state index contributed by atoms with van der Waals surface area (Å²) in [5, 5.41) is 0. The Kier molecular flexibility index (Phi) is 4.74. The van der Waals surface area contributed by atoms with E-state index in [0.29, 0.717) is 13.0 Å². The van der Waals surface area contributed by atoms with Gasteiger partial charge in [0.2, 0.25) is 10.0 Å². The Bertz CT molecular complexity index is 531. The van der Waals surface area contributed by atoms with Crippen molar-refractivity contribution in [2.75, 3.05) is 18.9 Å². The highest BCUT2D eigenvalue weighted by molar-refractivity contribution is 7.89. The first-order valence-electron chi connectivity index (χ1n) is 6.54. The van der Waals surface area contributed by atoms with Crippen molar-refractivity contribution >= 4 is 10.0 Å². The van der Waals surface area contributed by atoms with Crippen LogP contribution in [0.25, 0.3) is 0 Å². The molecule has 1 fully saturated rings. The molecular weight excluding hydrogens is 280 g/mol. The first-order chi connectivity index (χ1) is 9.36. The molecule has 2 rings (SSSR count). The van der Waals surface area contributed by atoms with Crippen molar-refractivity contribution < 1.29 is 17.9 Å². The smallest absolute Gasteiger partial charge is 0.212 e. The zero-order chi connectivity index (χ0) is 14.6. The van der Waals surface area contributed by atoms with Gasteiger partial charge in [0.1, 0.15) is 0 Å². The number of nitrogens with one attached hydrogen (secondary N) is 1. The Morgan fingerprint density at radius 1 is 1.40 bits per heavy atom. The van der Waals surface area contributed by atoms with Crippen LogP contribution in [0.2, 0.25) is 0 Å². The van der Waals surface area contributed by atoms with Gasteiger partial charge in [-0.3, -0.25) is 4.98 Å². The first kappa shape index (κ1) is 15.4. The third-order valence-corrected chi connectivity index (χ3v) is 4.36. The number of ether oxygens (including phenoxy) is 2. The molecule has 1 saturated heterocycles. The van der Waals surface area contributed by atoms with Crippen LogP contribution >= 0.6 is 0 Å². The average Bonchev–Trinajstić information content (AvgIpc) is 2.75. The van der Waals surface area contributed by atoms with E-state index in [1.54, 1.807) is 12.4 Å². The van der Waals surface area contributed by atoms with E-state index >= 15 is 0 Å². The minimum Gasteiger partial charge on any atom is -0.348 e. The number of aryl methyl sites for hydroxylation is 1. The van der Waals surface area contributed by atoms with Gasteiger partial charge >= 0.3 is 0 Å². The molecule has 0 aromatic carbocycles. The lowest BCUT2D eigenvalue weighted by atomic mass is 10.2. The van der Waals surface area contributed by atoms with Crippen molar-refractivity contribution in [2.45, 2.75) is 32.2 Å².